The molecule has 0 saturated heterocycles. The molecular weight excluding hydrogens is 210 g/mol. The van der Waals surface area contributed by atoms with E-state index in [-0.39, 0.29) is 5.84 Å². The Morgan fingerprint density at radius 2 is 2.18 bits per heavy atom. The Labute approximate surface area is 103 Å². The third kappa shape index (κ3) is 2.67. The predicted octanol–water partition coefficient (Wildman–Crippen LogP) is 2.26. The van der Waals surface area contributed by atoms with Crippen LogP contribution < -0.4 is 5.73 Å². The SMILES string of the molecule is Cc1cc(C(=N)N)ccc1CN(C)C1CCC1. The minimum absolute atomic E-state index is 0.145. The maximum atomic E-state index is 7.42. The zero-order valence-corrected chi connectivity index (χ0v) is 10.7. The first kappa shape index (κ1) is 12.1. The van der Waals surface area contributed by atoms with Gasteiger partial charge in [-0.05, 0) is 44.0 Å². The summed E-state index contributed by atoms with van der Waals surface area (Å²) in [4.78, 5) is 2.43. The monoisotopic (exact) mass is 231 g/mol. The van der Waals surface area contributed by atoms with Crippen LogP contribution in [0.4, 0.5) is 0 Å². The van der Waals surface area contributed by atoms with Crippen molar-refractivity contribution >= 4 is 5.84 Å². The van der Waals surface area contributed by atoms with Crippen molar-refractivity contribution in [3.05, 3.63) is 34.9 Å². The molecular formula is C14H21N3. The molecule has 92 valence electrons. The van der Waals surface area contributed by atoms with Gasteiger partial charge in [0.25, 0.3) is 0 Å². The van der Waals surface area contributed by atoms with Crippen molar-refractivity contribution in [2.75, 3.05) is 7.05 Å². The molecule has 1 saturated carbocycles. The quantitative estimate of drug-likeness (QED) is 0.617. The number of nitrogen functional groups attached to an aromatic ring is 1. The van der Waals surface area contributed by atoms with Crippen molar-refractivity contribution in [3.63, 3.8) is 0 Å². The van der Waals surface area contributed by atoms with E-state index in [1.165, 1.54) is 30.4 Å². The molecule has 0 amide bonds. The zero-order chi connectivity index (χ0) is 12.4. The molecule has 0 spiro atoms. The summed E-state index contributed by atoms with van der Waals surface area (Å²) in [6.45, 7) is 3.09. The average molecular weight is 231 g/mol. The summed E-state index contributed by atoms with van der Waals surface area (Å²) in [7, 11) is 2.20. The molecule has 3 nitrogen and oxygen atoms in total. The van der Waals surface area contributed by atoms with Gasteiger partial charge in [-0.2, -0.15) is 0 Å². The van der Waals surface area contributed by atoms with Crippen LogP contribution in [-0.4, -0.2) is 23.8 Å². The van der Waals surface area contributed by atoms with Crippen LogP contribution in [0.15, 0.2) is 18.2 Å². The molecule has 0 unspecified atom stereocenters. The van der Waals surface area contributed by atoms with Crippen LogP contribution in [-0.2, 0) is 6.54 Å². The van der Waals surface area contributed by atoms with Gasteiger partial charge in [0, 0.05) is 18.2 Å². The Hall–Kier alpha value is -1.35. The molecule has 1 fully saturated rings. The number of nitrogens with zero attached hydrogens (tertiary/aromatic N) is 1. The number of amidine groups is 1. The highest BCUT2D eigenvalue weighted by Crippen LogP contribution is 2.25. The first-order valence-electron chi connectivity index (χ1n) is 6.22. The fourth-order valence-corrected chi connectivity index (χ4v) is 2.27. The van der Waals surface area contributed by atoms with Crippen LogP contribution >= 0.6 is 0 Å². The Kier molecular flexibility index (Phi) is 3.48. The van der Waals surface area contributed by atoms with Gasteiger partial charge < -0.3 is 5.73 Å². The molecule has 0 heterocycles. The van der Waals surface area contributed by atoms with Gasteiger partial charge >= 0.3 is 0 Å². The third-order valence-electron chi connectivity index (χ3n) is 3.77. The van der Waals surface area contributed by atoms with E-state index >= 15 is 0 Å². The van der Waals surface area contributed by atoms with E-state index in [4.69, 9.17) is 11.1 Å². The molecule has 1 aliphatic carbocycles. The predicted molar refractivity (Wildman–Crippen MR) is 71.3 cm³/mol. The number of aryl methyl sites for hydroxylation is 1. The molecule has 0 bridgehead atoms. The highest BCUT2D eigenvalue weighted by atomic mass is 15.1. The Bertz CT molecular complexity index is 421. The van der Waals surface area contributed by atoms with Crippen LogP contribution in [0.5, 0.6) is 0 Å². The molecule has 0 aliphatic heterocycles. The first-order valence-corrected chi connectivity index (χ1v) is 6.22. The van der Waals surface area contributed by atoms with Crippen LogP contribution in [0.1, 0.15) is 36.0 Å². The van der Waals surface area contributed by atoms with Gasteiger partial charge in [-0.3, -0.25) is 10.3 Å². The van der Waals surface area contributed by atoms with E-state index < -0.39 is 0 Å². The lowest BCUT2D eigenvalue weighted by molar-refractivity contribution is 0.152. The highest BCUT2D eigenvalue weighted by Gasteiger charge is 2.22. The summed E-state index contributed by atoms with van der Waals surface area (Å²) >= 11 is 0. The number of rotatable bonds is 4. The fraction of sp³-hybridized carbons (Fsp3) is 0.500. The summed E-state index contributed by atoms with van der Waals surface area (Å²) in [6, 6.07) is 6.81. The van der Waals surface area contributed by atoms with E-state index in [0.717, 1.165) is 18.2 Å². The van der Waals surface area contributed by atoms with Crippen molar-refractivity contribution in [1.82, 2.24) is 4.90 Å². The van der Waals surface area contributed by atoms with Crippen LogP contribution in [0, 0.1) is 12.3 Å². The number of nitrogens with one attached hydrogen (secondary N) is 1. The molecule has 0 radical (unpaired) electrons. The van der Waals surface area contributed by atoms with Crippen molar-refractivity contribution in [2.24, 2.45) is 5.73 Å². The lowest BCUT2D eigenvalue weighted by Crippen LogP contribution is -2.36. The largest absolute Gasteiger partial charge is 0.384 e. The lowest BCUT2D eigenvalue weighted by atomic mass is 9.91. The third-order valence-corrected chi connectivity index (χ3v) is 3.77. The van der Waals surface area contributed by atoms with Crippen molar-refractivity contribution in [3.8, 4) is 0 Å². The minimum Gasteiger partial charge on any atom is -0.384 e. The molecule has 0 aromatic heterocycles. The van der Waals surface area contributed by atoms with Gasteiger partial charge in [-0.15, -0.1) is 0 Å². The summed E-state index contributed by atoms with van der Waals surface area (Å²) in [5, 5.41) is 7.42. The van der Waals surface area contributed by atoms with Gasteiger partial charge in [0.2, 0.25) is 0 Å². The molecule has 17 heavy (non-hydrogen) atoms. The summed E-state index contributed by atoms with van der Waals surface area (Å²) in [5.74, 6) is 0.145. The van der Waals surface area contributed by atoms with E-state index in [0.29, 0.717) is 0 Å². The zero-order valence-electron chi connectivity index (χ0n) is 10.7. The Morgan fingerprint density at radius 3 is 2.65 bits per heavy atom. The van der Waals surface area contributed by atoms with Gasteiger partial charge in [0.1, 0.15) is 5.84 Å². The van der Waals surface area contributed by atoms with Gasteiger partial charge in [0.15, 0.2) is 0 Å². The second-order valence-electron chi connectivity index (χ2n) is 5.05. The van der Waals surface area contributed by atoms with E-state index in [2.05, 4.69) is 24.9 Å². The van der Waals surface area contributed by atoms with E-state index in [9.17, 15) is 0 Å². The Balaban J connectivity index is 2.07. The molecule has 1 aromatic rings. The van der Waals surface area contributed by atoms with E-state index in [1.54, 1.807) is 0 Å². The molecule has 0 atom stereocenters. The molecule has 3 heteroatoms. The molecule has 3 N–H and O–H groups in total. The molecule has 1 aromatic carbocycles. The van der Waals surface area contributed by atoms with Gasteiger partial charge in [0.05, 0.1) is 0 Å². The van der Waals surface area contributed by atoms with Crippen LogP contribution in [0.3, 0.4) is 0 Å². The first-order chi connectivity index (χ1) is 8.08. The standard InChI is InChI=1S/C14H21N3/c1-10-8-11(14(15)16)6-7-12(10)9-17(2)13-4-3-5-13/h6-8,13H,3-5,9H2,1-2H3,(H3,15,16). The molecule has 2 rings (SSSR count). The smallest absolute Gasteiger partial charge is 0.122 e. The summed E-state index contributed by atoms with van der Waals surface area (Å²) < 4.78 is 0. The Morgan fingerprint density at radius 1 is 1.47 bits per heavy atom. The van der Waals surface area contributed by atoms with Crippen LogP contribution in [0.2, 0.25) is 0 Å². The normalized spacial score (nSPS) is 15.9. The minimum atomic E-state index is 0.145. The summed E-state index contributed by atoms with van der Waals surface area (Å²) in [6.07, 6.45) is 4.04. The van der Waals surface area contributed by atoms with Crippen molar-refractivity contribution in [1.29, 1.82) is 5.41 Å². The maximum Gasteiger partial charge on any atom is 0.122 e. The second kappa shape index (κ2) is 4.88. The summed E-state index contributed by atoms with van der Waals surface area (Å²) in [5.41, 5.74) is 8.87. The fourth-order valence-electron chi connectivity index (χ4n) is 2.27. The van der Waals surface area contributed by atoms with Crippen molar-refractivity contribution in [2.45, 2.75) is 38.8 Å². The number of hydrogen-bond acceptors (Lipinski definition) is 2. The van der Waals surface area contributed by atoms with Gasteiger partial charge in [-0.1, -0.05) is 18.6 Å². The average Bonchev–Trinajstić information content (AvgIpc) is 2.18. The second-order valence-corrected chi connectivity index (χ2v) is 5.05. The number of benzene rings is 1. The highest BCUT2D eigenvalue weighted by molar-refractivity contribution is 5.95. The number of nitrogens with two attached hydrogens (primary N) is 1. The topological polar surface area (TPSA) is 53.1 Å². The number of hydrogen-bond donors (Lipinski definition) is 2. The molecule has 1 aliphatic rings. The van der Waals surface area contributed by atoms with Crippen LogP contribution in [0.25, 0.3) is 0 Å². The lowest BCUT2D eigenvalue weighted by Gasteiger charge is -2.35. The van der Waals surface area contributed by atoms with Crippen molar-refractivity contribution < 1.29 is 0 Å². The van der Waals surface area contributed by atoms with Gasteiger partial charge in [-0.25, -0.2) is 0 Å². The maximum absolute atomic E-state index is 7.42. The van der Waals surface area contributed by atoms with E-state index in [1.807, 2.05) is 12.1 Å².